The van der Waals surface area contributed by atoms with Crippen LogP contribution >= 0.6 is 11.3 Å². The van der Waals surface area contributed by atoms with Crippen LogP contribution in [-0.4, -0.2) is 22.9 Å². The second-order valence-corrected chi connectivity index (χ2v) is 10.4. The van der Waals surface area contributed by atoms with Gasteiger partial charge in [-0.1, -0.05) is 32.9 Å². The molecule has 0 fully saturated rings. The molecule has 166 valence electrons. The number of carboxylic acids is 1. The summed E-state index contributed by atoms with van der Waals surface area (Å²) in [4.78, 5) is 37.5. The van der Waals surface area contributed by atoms with Gasteiger partial charge < -0.3 is 15.7 Å². The number of nitrogens with one attached hydrogen (secondary N) is 2. The lowest BCUT2D eigenvalue weighted by Crippen LogP contribution is -2.27. The Hall–Kier alpha value is -2.67. The van der Waals surface area contributed by atoms with Gasteiger partial charge in [0.25, 0.3) is 5.91 Å². The van der Waals surface area contributed by atoms with E-state index in [4.69, 9.17) is 5.11 Å². The molecule has 3 rings (SSSR count). The van der Waals surface area contributed by atoms with Crippen molar-refractivity contribution >= 4 is 39.8 Å². The van der Waals surface area contributed by atoms with E-state index in [9.17, 15) is 14.4 Å². The smallest absolute Gasteiger partial charge is 0.303 e. The number of amides is 2. The molecule has 2 aromatic rings. The van der Waals surface area contributed by atoms with Crippen molar-refractivity contribution in [2.75, 3.05) is 10.6 Å². The number of aliphatic carboxylic acids is 1. The van der Waals surface area contributed by atoms with E-state index in [1.54, 1.807) is 0 Å². The summed E-state index contributed by atoms with van der Waals surface area (Å²) >= 11 is 1.45. The van der Waals surface area contributed by atoms with E-state index in [2.05, 4.69) is 31.4 Å². The van der Waals surface area contributed by atoms with Gasteiger partial charge in [0.2, 0.25) is 5.91 Å². The summed E-state index contributed by atoms with van der Waals surface area (Å²) in [6.45, 7) is 8.66. The zero-order valence-electron chi connectivity index (χ0n) is 18.5. The Morgan fingerprint density at radius 3 is 2.55 bits per heavy atom. The SMILES string of the molecule is Cc1cccc(NC(=O)c2c(NC(=O)CCC(=O)O)sc3c2CC[C@@H](C(C)(C)C)C3)c1. The maximum Gasteiger partial charge on any atom is 0.303 e. The summed E-state index contributed by atoms with van der Waals surface area (Å²) in [7, 11) is 0. The van der Waals surface area contributed by atoms with Gasteiger partial charge in [0.15, 0.2) is 0 Å². The first-order chi connectivity index (χ1) is 14.5. The Kier molecular flexibility index (Phi) is 6.84. The number of hydrogen-bond donors (Lipinski definition) is 3. The Morgan fingerprint density at radius 2 is 1.90 bits per heavy atom. The Balaban J connectivity index is 1.91. The van der Waals surface area contributed by atoms with Crippen molar-refractivity contribution in [3.05, 3.63) is 45.8 Å². The molecule has 2 amide bonds. The first-order valence-corrected chi connectivity index (χ1v) is 11.4. The largest absolute Gasteiger partial charge is 0.481 e. The monoisotopic (exact) mass is 442 g/mol. The van der Waals surface area contributed by atoms with E-state index >= 15 is 0 Å². The second-order valence-electron chi connectivity index (χ2n) is 9.28. The van der Waals surface area contributed by atoms with Gasteiger partial charge in [-0.3, -0.25) is 14.4 Å². The van der Waals surface area contributed by atoms with Gasteiger partial charge in [0.05, 0.1) is 12.0 Å². The normalized spacial score (nSPS) is 15.8. The van der Waals surface area contributed by atoms with Gasteiger partial charge >= 0.3 is 5.97 Å². The first-order valence-electron chi connectivity index (χ1n) is 10.6. The number of anilines is 2. The fraction of sp³-hybridized carbons (Fsp3) is 0.458. The van der Waals surface area contributed by atoms with Crippen molar-refractivity contribution in [3.63, 3.8) is 0 Å². The van der Waals surface area contributed by atoms with E-state index in [-0.39, 0.29) is 24.2 Å². The lowest BCUT2D eigenvalue weighted by atomic mass is 9.72. The number of rotatable bonds is 6. The first kappa shape index (κ1) is 23.0. The zero-order valence-corrected chi connectivity index (χ0v) is 19.3. The molecule has 1 aromatic carbocycles. The molecular formula is C24H30N2O4S. The minimum atomic E-state index is -1.02. The number of fused-ring (bicyclic) bond motifs is 1. The van der Waals surface area contributed by atoms with Crippen LogP contribution in [0.3, 0.4) is 0 Å². The van der Waals surface area contributed by atoms with Gasteiger partial charge in [-0.2, -0.15) is 0 Å². The number of carboxylic acid groups (broad SMARTS) is 1. The molecule has 6 nitrogen and oxygen atoms in total. The number of thiophene rings is 1. The minimum absolute atomic E-state index is 0.124. The minimum Gasteiger partial charge on any atom is -0.481 e. The molecule has 7 heteroatoms. The topological polar surface area (TPSA) is 95.5 Å². The van der Waals surface area contributed by atoms with E-state index in [1.165, 1.54) is 11.3 Å². The molecule has 1 heterocycles. The highest BCUT2D eigenvalue weighted by molar-refractivity contribution is 7.17. The fourth-order valence-electron chi connectivity index (χ4n) is 3.98. The van der Waals surface area contributed by atoms with Gasteiger partial charge in [-0.15, -0.1) is 11.3 Å². The highest BCUT2D eigenvalue weighted by Crippen LogP contribution is 2.44. The summed E-state index contributed by atoms with van der Waals surface area (Å²) in [6, 6.07) is 7.58. The van der Waals surface area contributed by atoms with Crippen molar-refractivity contribution in [2.24, 2.45) is 11.3 Å². The van der Waals surface area contributed by atoms with Crippen molar-refractivity contribution in [3.8, 4) is 0 Å². The van der Waals surface area contributed by atoms with Gasteiger partial charge in [-0.05, 0) is 60.8 Å². The molecule has 0 unspecified atom stereocenters. The average Bonchev–Trinajstić information content (AvgIpc) is 3.02. The lowest BCUT2D eigenvalue weighted by molar-refractivity contribution is -0.138. The summed E-state index contributed by atoms with van der Waals surface area (Å²) in [6.07, 6.45) is 2.29. The summed E-state index contributed by atoms with van der Waals surface area (Å²) < 4.78 is 0. The van der Waals surface area contributed by atoms with Crippen LogP contribution in [0.4, 0.5) is 10.7 Å². The van der Waals surface area contributed by atoms with Gasteiger partial charge in [0, 0.05) is 17.0 Å². The van der Waals surface area contributed by atoms with Crippen LogP contribution in [0.2, 0.25) is 0 Å². The fourth-order valence-corrected chi connectivity index (χ4v) is 5.32. The quantitative estimate of drug-likeness (QED) is 0.568. The van der Waals surface area contributed by atoms with Crippen molar-refractivity contribution in [2.45, 2.75) is 59.8 Å². The van der Waals surface area contributed by atoms with Crippen molar-refractivity contribution in [1.82, 2.24) is 0 Å². The molecule has 0 spiro atoms. The molecule has 1 atom stereocenters. The highest BCUT2D eigenvalue weighted by Gasteiger charge is 2.34. The van der Waals surface area contributed by atoms with Gasteiger partial charge in [0.1, 0.15) is 5.00 Å². The Bertz CT molecular complexity index is 1000. The predicted molar refractivity (Wildman–Crippen MR) is 124 cm³/mol. The zero-order chi connectivity index (χ0) is 22.8. The Morgan fingerprint density at radius 1 is 1.16 bits per heavy atom. The maximum atomic E-state index is 13.3. The van der Waals surface area contributed by atoms with Crippen LogP contribution in [0.5, 0.6) is 0 Å². The van der Waals surface area contributed by atoms with Crippen LogP contribution in [0, 0.1) is 18.3 Å². The van der Waals surface area contributed by atoms with E-state index in [1.807, 2.05) is 31.2 Å². The van der Waals surface area contributed by atoms with Crippen LogP contribution < -0.4 is 10.6 Å². The van der Waals surface area contributed by atoms with E-state index < -0.39 is 11.9 Å². The Labute approximate surface area is 187 Å². The summed E-state index contributed by atoms with van der Waals surface area (Å²) in [5.74, 6) is -1.16. The highest BCUT2D eigenvalue weighted by atomic mass is 32.1. The number of carbonyl (C=O) groups excluding carboxylic acids is 2. The molecule has 0 saturated carbocycles. The van der Waals surface area contributed by atoms with Gasteiger partial charge in [-0.25, -0.2) is 0 Å². The standard InChI is InChI=1S/C24H30N2O4S/c1-14-6-5-7-16(12-14)25-22(30)21-17-9-8-15(24(2,3)4)13-18(17)31-23(21)26-19(27)10-11-20(28)29/h5-7,12,15H,8-11,13H2,1-4H3,(H,25,30)(H,26,27)(H,28,29)/t15-/m1/s1. The van der Waals surface area contributed by atoms with Crippen molar-refractivity contribution in [1.29, 1.82) is 0 Å². The molecule has 1 aromatic heterocycles. The van der Waals surface area contributed by atoms with E-state index in [0.717, 1.165) is 35.3 Å². The molecule has 3 N–H and O–H groups in total. The van der Waals surface area contributed by atoms with Crippen LogP contribution in [0.15, 0.2) is 24.3 Å². The number of carbonyl (C=O) groups is 3. The van der Waals surface area contributed by atoms with E-state index in [0.29, 0.717) is 22.2 Å². The number of hydrogen-bond acceptors (Lipinski definition) is 4. The number of benzene rings is 1. The maximum absolute atomic E-state index is 13.3. The molecule has 31 heavy (non-hydrogen) atoms. The third-order valence-corrected chi connectivity index (χ3v) is 6.98. The molecule has 0 radical (unpaired) electrons. The second kappa shape index (κ2) is 9.22. The average molecular weight is 443 g/mol. The van der Waals surface area contributed by atoms with Crippen LogP contribution in [0.25, 0.3) is 0 Å². The van der Waals surface area contributed by atoms with Crippen LogP contribution in [0.1, 0.15) is 66.4 Å². The third-order valence-electron chi connectivity index (χ3n) is 5.81. The summed E-state index contributed by atoms with van der Waals surface area (Å²) in [5.41, 5.74) is 3.43. The molecule has 1 aliphatic rings. The number of aryl methyl sites for hydroxylation is 1. The molecule has 0 bridgehead atoms. The predicted octanol–water partition coefficient (Wildman–Crippen LogP) is 5.26. The molecule has 0 saturated heterocycles. The third kappa shape index (κ3) is 5.73. The van der Waals surface area contributed by atoms with Crippen LogP contribution in [-0.2, 0) is 22.4 Å². The summed E-state index contributed by atoms with van der Waals surface area (Å²) in [5, 5.41) is 15.1. The molecular weight excluding hydrogens is 412 g/mol. The van der Waals surface area contributed by atoms with Crippen molar-refractivity contribution < 1.29 is 19.5 Å². The molecule has 1 aliphatic carbocycles. The lowest BCUT2D eigenvalue weighted by Gasteiger charge is -2.33. The molecule has 0 aliphatic heterocycles.